The molecule has 0 spiro atoms. The fourth-order valence-electron chi connectivity index (χ4n) is 2.20. The van der Waals surface area contributed by atoms with E-state index in [9.17, 15) is 13.2 Å². The van der Waals surface area contributed by atoms with Crippen LogP contribution >= 0.6 is 0 Å². The van der Waals surface area contributed by atoms with Gasteiger partial charge in [0.15, 0.2) is 0 Å². The summed E-state index contributed by atoms with van der Waals surface area (Å²) in [6, 6.07) is 12.8. The lowest BCUT2D eigenvalue weighted by molar-refractivity contribution is -0.117. The number of hydrogen-bond donors (Lipinski definition) is 2. The number of amides is 1. The summed E-state index contributed by atoms with van der Waals surface area (Å²) in [5.74, 6) is 0.637. The quantitative estimate of drug-likeness (QED) is 0.842. The number of methoxy groups -OCH3 is 1. The zero-order valence-corrected chi connectivity index (χ0v) is 14.0. The molecular weight excluding hydrogens is 328 g/mol. The third kappa shape index (κ3) is 3.86. The van der Waals surface area contributed by atoms with E-state index in [0.717, 1.165) is 12.8 Å². The summed E-state index contributed by atoms with van der Waals surface area (Å²) in [5, 5.41) is 2.75. The van der Waals surface area contributed by atoms with E-state index in [1.807, 2.05) is 0 Å². The van der Waals surface area contributed by atoms with Crippen LogP contribution in [0.2, 0.25) is 0 Å². The van der Waals surface area contributed by atoms with Gasteiger partial charge in [-0.05, 0) is 55.3 Å². The highest BCUT2D eigenvalue weighted by molar-refractivity contribution is 7.92. The van der Waals surface area contributed by atoms with Crippen LogP contribution in [0.5, 0.6) is 5.75 Å². The zero-order chi connectivity index (χ0) is 17.2. The van der Waals surface area contributed by atoms with Crippen LogP contribution < -0.4 is 14.8 Å². The third-order valence-corrected chi connectivity index (χ3v) is 5.08. The van der Waals surface area contributed by atoms with Crippen molar-refractivity contribution in [1.82, 2.24) is 0 Å². The van der Waals surface area contributed by atoms with E-state index < -0.39 is 10.0 Å². The Bertz CT molecular complexity index is 843. The minimum Gasteiger partial charge on any atom is -0.497 e. The number of rotatable bonds is 6. The molecule has 0 aliphatic heterocycles. The Morgan fingerprint density at radius 1 is 1.08 bits per heavy atom. The highest BCUT2D eigenvalue weighted by Gasteiger charge is 2.29. The van der Waals surface area contributed by atoms with Crippen molar-refractivity contribution in [3.05, 3.63) is 48.5 Å². The van der Waals surface area contributed by atoms with Crippen molar-refractivity contribution in [2.24, 2.45) is 5.92 Å². The number of sulfonamides is 1. The second-order valence-electron chi connectivity index (χ2n) is 5.63. The molecule has 1 fully saturated rings. The van der Waals surface area contributed by atoms with E-state index in [2.05, 4.69) is 10.0 Å². The van der Waals surface area contributed by atoms with E-state index in [0.29, 0.717) is 17.1 Å². The zero-order valence-electron chi connectivity index (χ0n) is 13.2. The molecule has 1 saturated carbocycles. The largest absolute Gasteiger partial charge is 0.497 e. The van der Waals surface area contributed by atoms with Crippen LogP contribution in [0.15, 0.2) is 53.4 Å². The monoisotopic (exact) mass is 346 g/mol. The molecule has 1 aliphatic rings. The van der Waals surface area contributed by atoms with Crippen molar-refractivity contribution in [2.45, 2.75) is 17.7 Å². The van der Waals surface area contributed by atoms with E-state index >= 15 is 0 Å². The number of ether oxygens (including phenoxy) is 1. The van der Waals surface area contributed by atoms with Gasteiger partial charge < -0.3 is 10.1 Å². The molecular formula is C17H18N2O4S. The highest BCUT2D eigenvalue weighted by Crippen LogP contribution is 2.30. The summed E-state index contributed by atoms with van der Waals surface area (Å²) >= 11 is 0. The minimum absolute atomic E-state index is 0.0580. The van der Waals surface area contributed by atoms with Gasteiger partial charge in [0.25, 0.3) is 10.0 Å². The van der Waals surface area contributed by atoms with E-state index in [-0.39, 0.29) is 16.7 Å². The molecule has 7 heteroatoms. The summed E-state index contributed by atoms with van der Waals surface area (Å²) in [4.78, 5) is 11.9. The number of anilines is 2. The molecule has 6 nitrogen and oxygen atoms in total. The molecule has 24 heavy (non-hydrogen) atoms. The van der Waals surface area contributed by atoms with Gasteiger partial charge in [0.05, 0.1) is 12.0 Å². The number of nitrogens with one attached hydrogen (secondary N) is 2. The first kappa shape index (κ1) is 16.3. The van der Waals surface area contributed by atoms with Crippen molar-refractivity contribution in [3.63, 3.8) is 0 Å². The van der Waals surface area contributed by atoms with Gasteiger partial charge in [-0.3, -0.25) is 9.52 Å². The lowest BCUT2D eigenvalue weighted by Crippen LogP contribution is -2.15. The molecule has 0 aromatic heterocycles. The van der Waals surface area contributed by atoms with E-state index in [1.54, 1.807) is 43.5 Å². The number of carbonyl (C=O) groups excluding carboxylic acids is 1. The predicted octanol–water partition coefficient (Wildman–Crippen LogP) is 2.84. The van der Waals surface area contributed by atoms with Crippen LogP contribution in [0.25, 0.3) is 0 Å². The van der Waals surface area contributed by atoms with Crippen LogP contribution in [-0.4, -0.2) is 21.4 Å². The minimum atomic E-state index is -3.74. The Balaban J connectivity index is 1.76. The Morgan fingerprint density at radius 3 is 2.42 bits per heavy atom. The molecule has 1 aliphatic carbocycles. The topological polar surface area (TPSA) is 84.5 Å². The SMILES string of the molecule is COc1ccc(NS(=O)(=O)c2cccc(NC(=O)C3CC3)c2)cc1. The number of benzene rings is 2. The lowest BCUT2D eigenvalue weighted by Gasteiger charge is -2.10. The summed E-state index contributed by atoms with van der Waals surface area (Å²) in [5.41, 5.74) is 0.910. The molecule has 2 aromatic rings. The van der Waals surface area contributed by atoms with Gasteiger partial charge in [-0.1, -0.05) is 6.07 Å². The van der Waals surface area contributed by atoms with E-state index in [1.165, 1.54) is 12.1 Å². The van der Waals surface area contributed by atoms with Crippen molar-refractivity contribution in [1.29, 1.82) is 0 Å². The maximum absolute atomic E-state index is 12.5. The Kier molecular flexibility index (Phi) is 4.44. The second-order valence-corrected chi connectivity index (χ2v) is 7.31. The Hall–Kier alpha value is -2.54. The maximum atomic E-state index is 12.5. The Labute approximate surface area is 140 Å². The first-order chi connectivity index (χ1) is 11.5. The van der Waals surface area contributed by atoms with Gasteiger partial charge in [0.1, 0.15) is 5.75 Å². The fourth-order valence-corrected chi connectivity index (χ4v) is 3.31. The molecule has 0 atom stereocenters. The normalized spacial score (nSPS) is 14.0. The summed E-state index contributed by atoms with van der Waals surface area (Å²) in [6.45, 7) is 0. The molecule has 0 heterocycles. The Morgan fingerprint density at radius 2 is 1.79 bits per heavy atom. The van der Waals surface area contributed by atoms with Crippen LogP contribution in [0.1, 0.15) is 12.8 Å². The number of carbonyl (C=O) groups is 1. The molecule has 0 saturated heterocycles. The van der Waals surface area contributed by atoms with Crippen molar-refractivity contribution >= 4 is 27.3 Å². The summed E-state index contributed by atoms with van der Waals surface area (Å²) in [6.07, 6.45) is 1.78. The van der Waals surface area contributed by atoms with Crippen LogP contribution in [0.3, 0.4) is 0 Å². The third-order valence-electron chi connectivity index (χ3n) is 3.70. The molecule has 0 unspecified atom stereocenters. The predicted molar refractivity (Wildman–Crippen MR) is 91.6 cm³/mol. The molecule has 1 amide bonds. The summed E-state index contributed by atoms with van der Waals surface area (Å²) < 4.78 is 32.5. The second kappa shape index (κ2) is 6.52. The molecule has 126 valence electrons. The standard InChI is InChI=1S/C17H18N2O4S/c1-23-15-9-7-13(8-10-15)19-24(21,22)16-4-2-3-14(11-16)18-17(20)12-5-6-12/h2-4,7-12,19H,5-6H2,1H3,(H,18,20). The number of hydrogen-bond acceptors (Lipinski definition) is 4. The molecule has 2 N–H and O–H groups in total. The van der Waals surface area contributed by atoms with Gasteiger partial charge in [-0.2, -0.15) is 0 Å². The van der Waals surface area contributed by atoms with Crippen LogP contribution in [0.4, 0.5) is 11.4 Å². The molecule has 0 radical (unpaired) electrons. The molecule has 2 aromatic carbocycles. The summed E-state index contributed by atoms with van der Waals surface area (Å²) in [7, 11) is -2.20. The first-order valence-corrected chi connectivity index (χ1v) is 9.04. The smallest absolute Gasteiger partial charge is 0.261 e. The first-order valence-electron chi connectivity index (χ1n) is 7.56. The average molecular weight is 346 g/mol. The van der Waals surface area contributed by atoms with Crippen molar-refractivity contribution < 1.29 is 17.9 Å². The van der Waals surface area contributed by atoms with Crippen LogP contribution in [-0.2, 0) is 14.8 Å². The molecule has 3 rings (SSSR count). The van der Waals surface area contributed by atoms with Gasteiger partial charge in [0.2, 0.25) is 5.91 Å². The van der Waals surface area contributed by atoms with Crippen molar-refractivity contribution in [2.75, 3.05) is 17.1 Å². The lowest BCUT2D eigenvalue weighted by atomic mass is 10.3. The molecule has 0 bridgehead atoms. The van der Waals surface area contributed by atoms with E-state index in [4.69, 9.17) is 4.74 Å². The van der Waals surface area contributed by atoms with Crippen molar-refractivity contribution in [3.8, 4) is 5.75 Å². The van der Waals surface area contributed by atoms with Crippen LogP contribution in [0, 0.1) is 5.92 Å². The highest BCUT2D eigenvalue weighted by atomic mass is 32.2. The average Bonchev–Trinajstić information content (AvgIpc) is 3.40. The van der Waals surface area contributed by atoms with Gasteiger partial charge >= 0.3 is 0 Å². The fraction of sp³-hybridized carbons (Fsp3) is 0.235. The maximum Gasteiger partial charge on any atom is 0.261 e. The van der Waals surface area contributed by atoms with Gasteiger partial charge in [-0.15, -0.1) is 0 Å². The van der Waals surface area contributed by atoms with Gasteiger partial charge in [0, 0.05) is 17.3 Å². The van der Waals surface area contributed by atoms with Gasteiger partial charge in [-0.25, -0.2) is 8.42 Å².